The predicted octanol–water partition coefficient (Wildman–Crippen LogP) is 2.09. The van der Waals surface area contributed by atoms with E-state index in [1.165, 1.54) is 43.5 Å². The van der Waals surface area contributed by atoms with Crippen molar-refractivity contribution in [2.75, 3.05) is 11.8 Å². The zero-order valence-electron chi connectivity index (χ0n) is 11.3. The first kappa shape index (κ1) is 15.3. The van der Waals surface area contributed by atoms with Crippen molar-refractivity contribution in [3.63, 3.8) is 0 Å². The summed E-state index contributed by atoms with van der Waals surface area (Å²) in [4.78, 5) is 0.0191. The zero-order chi connectivity index (χ0) is 15.5. The average Bonchev–Trinajstić information content (AvgIpc) is 2.49. The van der Waals surface area contributed by atoms with Crippen molar-refractivity contribution in [3.8, 4) is 5.75 Å². The van der Waals surface area contributed by atoms with Gasteiger partial charge in [0.25, 0.3) is 10.0 Å². The van der Waals surface area contributed by atoms with Gasteiger partial charge < -0.3 is 10.5 Å². The Balaban J connectivity index is 2.28. The van der Waals surface area contributed by atoms with Gasteiger partial charge >= 0.3 is 0 Å². The van der Waals surface area contributed by atoms with Gasteiger partial charge in [0.15, 0.2) is 0 Å². The van der Waals surface area contributed by atoms with Crippen LogP contribution in [0.2, 0.25) is 0 Å². The van der Waals surface area contributed by atoms with Crippen molar-refractivity contribution in [1.82, 2.24) is 0 Å². The smallest absolute Gasteiger partial charge is 0.261 e. The lowest BCUT2D eigenvalue weighted by molar-refractivity contribution is 0.414. The molecule has 0 fully saturated rings. The Morgan fingerprint density at radius 2 is 1.86 bits per heavy atom. The van der Waals surface area contributed by atoms with Gasteiger partial charge in [-0.3, -0.25) is 4.72 Å². The number of nitrogens with one attached hydrogen (secondary N) is 1. The average molecular weight is 310 g/mol. The highest BCUT2D eigenvalue weighted by Crippen LogP contribution is 2.21. The maximum Gasteiger partial charge on any atom is 0.261 e. The largest absolute Gasteiger partial charge is 0.497 e. The molecule has 0 heterocycles. The Labute approximate surface area is 122 Å². The van der Waals surface area contributed by atoms with Gasteiger partial charge in [0.1, 0.15) is 11.6 Å². The highest BCUT2D eigenvalue weighted by Gasteiger charge is 2.16. The van der Waals surface area contributed by atoms with Gasteiger partial charge in [0.05, 0.1) is 17.7 Å². The number of hydrogen-bond donors (Lipinski definition) is 2. The lowest BCUT2D eigenvalue weighted by atomic mass is 10.2. The van der Waals surface area contributed by atoms with Crippen LogP contribution in [0.1, 0.15) is 5.56 Å². The molecule has 7 heteroatoms. The molecule has 3 N–H and O–H groups in total. The van der Waals surface area contributed by atoms with Crippen molar-refractivity contribution >= 4 is 15.7 Å². The highest BCUT2D eigenvalue weighted by atomic mass is 32.2. The number of anilines is 1. The molecule has 0 radical (unpaired) electrons. The normalized spacial score (nSPS) is 11.2. The molecule has 0 saturated heterocycles. The summed E-state index contributed by atoms with van der Waals surface area (Å²) in [5.74, 6) is -0.137. The molecule has 0 unspecified atom stereocenters. The Bertz CT molecular complexity index is 730. The molecule has 21 heavy (non-hydrogen) atoms. The molecular formula is C14H15FN2O3S. The molecular weight excluding hydrogens is 295 g/mol. The first-order valence-electron chi connectivity index (χ1n) is 6.11. The van der Waals surface area contributed by atoms with E-state index in [1.54, 1.807) is 6.07 Å². The van der Waals surface area contributed by atoms with Crippen molar-refractivity contribution in [2.24, 2.45) is 5.73 Å². The summed E-state index contributed by atoms with van der Waals surface area (Å²) in [5, 5.41) is 0. The molecule has 0 amide bonds. The van der Waals surface area contributed by atoms with Gasteiger partial charge in [-0.1, -0.05) is 6.07 Å². The van der Waals surface area contributed by atoms with Gasteiger partial charge in [-0.15, -0.1) is 0 Å². The second-order valence-electron chi connectivity index (χ2n) is 4.30. The lowest BCUT2D eigenvalue weighted by Crippen LogP contribution is -2.14. The van der Waals surface area contributed by atoms with Crippen molar-refractivity contribution < 1.29 is 17.5 Å². The van der Waals surface area contributed by atoms with Crippen LogP contribution in [0, 0.1) is 5.82 Å². The van der Waals surface area contributed by atoms with Crippen LogP contribution in [0.25, 0.3) is 0 Å². The van der Waals surface area contributed by atoms with Gasteiger partial charge in [-0.25, -0.2) is 12.8 Å². The summed E-state index contributed by atoms with van der Waals surface area (Å²) in [7, 11) is -2.37. The molecule has 0 aliphatic heterocycles. The lowest BCUT2D eigenvalue weighted by Gasteiger charge is -2.10. The first-order chi connectivity index (χ1) is 9.96. The summed E-state index contributed by atoms with van der Waals surface area (Å²) in [5.41, 5.74) is 5.86. The molecule has 0 aromatic heterocycles. The van der Waals surface area contributed by atoms with E-state index in [9.17, 15) is 12.8 Å². The minimum absolute atomic E-state index is 0.0191. The molecule has 0 bridgehead atoms. The number of methoxy groups -OCH3 is 1. The molecule has 0 atom stereocenters. The number of ether oxygens (including phenoxy) is 1. The second kappa shape index (κ2) is 6.11. The summed E-state index contributed by atoms with van der Waals surface area (Å²) in [6.07, 6.45) is 0. The number of hydrogen-bond acceptors (Lipinski definition) is 4. The van der Waals surface area contributed by atoms with Crippen LogP contribution in [0.3, 0.4) is 0 Å². The number of sulfonamides is 1. The van der Waals surface area contributed by atoms with E-state index in [2.05, 4.69) is 4.72 Å². The Hall–Kier alpha value is -2.12. The maximum absolute atomic E-state index is 13.8. The third-order valence-electron chi connectivity index (χ3n) is 2.88. The third-order valence-corrected chi connectivity index (χ3v) is 4.26. The van der Waals surface area contributed by atoms with Gasteiger partial charge in [0, 0.05) is 6.54 Å². The minimum Gasteiger partial charge on any atom is -0.497 e. The van der Waals surface area contributed by atoms with Crippen LogP contribution in [-0.4, -0.2) is 15.5 Å². The quantitative estimate of drug-likeness (QED) is 0.886. The minimum atomic E-state index is -3.86. The maximum atomic E-state index is 13.8. The number of nitrogens with two attached hydrogens (primary N) is 1. The predicted molar refractivity (Wildman–Crippen MR) is 78.1 cm³/mol. The summed E-state index contributed by atoms with van der Waals surface area (Å²) in [6.45, 7) is 0.183. The first-order valence-corrected chi connectivity index (χ1v) is 7.60. The molecule has 2 rings (SSSR count). The molecule has 0 aliphatic carbocycles. The van der Waals surface area contributed by atoms with E-state index in [1.807, 2.05) is 0 Å². The summed E-state index contributed by atoms with van der Waals surface area (Å²) >= 11 is 0. The highest BCUT2D eigenvalue weighted by molar-refractivity contribution is 7.92. The number of rotatable bonds is 5. The topological polar surface area (TPSA) is 81.4 Å². The SMILES string of the molecule is COc1ccc(S(=O)(=O)Nc2ccc(CN)cc2F)cc1. The van der Waals surface area contributed by atoms with Crippen LogP contribution in [0.4, 0.5) is 10.1 Å². The van der Waals surface area contributed by atoms with Gasteiger partial charge in [-0.2, -0.15) is 0 Å². The second-order valence-corrected chi connectivity index (χ2v) is 5.98. The van der Waals surface area contributed by atoms with E-state index in [0.717, 1.165) is 0 Å². The fraction of sp³-hybridized carbons (Fsp3) is 0.143. The van der Waals surface area contributed by atoms with E-state index in [4.69, 9.17) is 10.5 Å². The molecule has 112 valence electrons. The standard InChI is InChI=1S/C14H15FN2O3S/c1-20-11-3-5-12(6-4-11)21(18,19)17-14-7-2-10(9-16)8-13(14)15/h2-8,17H,9,16H2,1H3. The van der Waals surface area contributed by atoms with E-state index < -0.39 is 15.8 Å². The van der Waals surface area contributed by atoms with E-state index in [0.29, 0.717) is 11.3 Å². The monoisotopic (exact) mass is 310 g/mol. The number of benzene rings is 2. The fourth-order valence-electron chi connectivity index (χ4n) is 1.73. The molecule has 5 nitrogen and oxygen atoms in total. The fourth-order valence-corrected chi connectivity index (χ4v) is 2.79. The van der Waals surface area contributed by atoms with Crippen molar-refractivity contribution in [3.05, 3.63) is 53.8 Å². The summed E-state index contributed by atoms with van der Waals surface area (Å²) in [6, 6.07) is 9.91. The van der Waals surface area contributed by atoms with Crippen molar-refractivity contribution in [2.45, 2.75) is 11.4 Å². The molecule has 2 aromatic rings. The Kier molecular flexibility index (Phi) is 4.44. The van der Waals surface area contributed by atoms with Crippen LogP contribution >= 0.6 is 0 Å². The molecule has 2 aromatic carbocycles. The zero-order valence-corrected chi connectivity index (χ0v) is 12.2. The van der Waals surface area contributed by atoms with Crippen molar-refractivity contribution in [1.29, 1.82) is 0 Å². The Morgan fingerprint density at radius 1 is 1.19 bits per heavy atom. The molecule has 0 saturated carbocycles. The van der Waals surface area contributed by atoms with Gasteiger partial charge in [-0.05, 0) is 42.0 Å². The Morgan fingerprint density at radius 3 is 2.38 bits per heavy atom. The van der Waals surface area contributed by atoms with Crippen LogP contribution < -0.4 is 15.2 Å². The van der Waals surface area contributed by atoms with Crippen LogP contribution in [0.15, 0.2) is 47.4 Å². The number of halogens is 1. The van der Waals surface area contributed by atoms with E-state index >= 15 is 0 Å². The van der Waals surface area contributed by atoms with E-state index in [-0.39, 0.29) is 17.1 Å². The molecule has 0 spiro atoms. The van der Waals surface area contributed by atoms with Crippen LogP contribution in [-0.2, 0) is 16.6 Å². The molecule has 0 aliphatic rings. The summed E-state index contributed by atoms with van der Waals surface area (Å²) < 4.78 is 45.3. The third kappa shape index (κ3) is 3.50. The van der Waals surface area contributed by atoms with Crippen LogP contribution in [0.5, 0.6) is 5.75 Å². The van der Waals surface area contributed by atoms with Gasteiger partial charge in [0.2, 0.25) is 0 Å².